The van der Waals surface area contributed by atoms with Crippen molar-refractivity contribution in [3.05, 3.63) is 35.1 Å². The minimum atomic E-state index is -4.66. The zero-order chi connectivity index (χ0) is 13.4. The summed E-state index contributed by atoms with van der Waals surface area (Å²) in [5, 5.41) is -0.851. The van der Waals surface area contributed by atoms with Crippen molar-refractivity contribution >= 4 is 16.8 Å². The van der Waals surface area contributed by atoms with Crippen molar-refractivity contribution in [2.75, 3.05) is 0 Å². The van der Waals surface area contributed by atoms with Gasteiger partial charge in [0.2, 0.25) is 5.24 Å². The van der Waals surface area contributed by atoms with E-state index in [2.05, 4.69) is 0 Å². The van der Waals surface area contributed by atoms with Crippen LogP contribution in [0.5, 0.6) is 0 Å². The summed E-state index contributed by atoms with van der Waals surface area (Å²) in [6, 6.07) is 1.97. The monoisotopic (exact) mass is 268 g/mol. The number of carbonyl (C=O) groups excluding carboxylic acids is 1. The number of benzene rings is 1. The highest BCUT2D eigenvalue weighted by Crippen LogP contribution is 2.34. The maximum atomic E-state index is 13.1. The Labute approximate surface area is 100 Å². The van der Waals surface area contributed by atoms with Crippen LogP contribution in [0, 0.1) is 5.82 Å². The highest BCUT2D eigenvalue weighted by Gasteiger charge is 2.35. The SMILES string of the molecule is CC(C)(C(=O)Cl)c1cc(F)cc(C(F)(F)F)c1. The van der Waals surface area contributed by atoms with Gasteiger partial charge in [0.1, 0.15) is 5.82 Å². The fourth-order valence-corrected chi connectivity index (χ4v) is 1.34. The molecule has 0 aliphatic rings. The number of rotatable bonds is 2. The van der Waals surface area contributed by atoms with Gasteiger partial charge in [-0.25, -0.2) is 4.39 Å². The Hall–Kier alpha value is -1.10. The lowest BCUT2D eigenvalue weighted by Gasteiger charge is -2.21. The smallest absolute Gasteiger partial charge is 0.280 e. The second-order valence-corrected chi connectivity index (χ2v) is 4.47. The van der Waals surface area contributed by atoms with Crippen molar-refractivity contribution in [2.45, 2.75) is 25.4 Å². The molecule has 17 heavy (non-hydrogen) atoms. The molecule has 0 heterocycles. The van der Waals surface area contributed by atoms with Crippen LogP contribution in [0.25, 0.3) is 0 Å². The van der Waals surface area contributed by atoms with Gasteiger partial charge >= 0.3 is 6.18 Å². The van der Waals surface area contributed by atoms with E-state index in [1.165, 1.54) is 13.8 Å². The van der Waals surface area contributed by atoms with E-state index in [1.807, 2.05) is 0 Å². The van der Waals surface area contributed by atoms with Crippen LogP contribution in [-0.4, -0.2) is 5.24 Å². The molecular formula is C11H9ClF4O. The normalized spacial score (nSPS) is 12.6. The molecule has 0 aromatic heterocycles. The molecule has 0 aliphatic carbocycles. The molecular weight excluding hydrogens is 260 g/mol. The lowest BCUT2D eigenvalue weighted by atomic mass is 9.85. The van der Waals surface area contributed by atoms with Crippen LogP contribution in [-0.2, 0) is 16.4 Å². The molecule has 0 saturated heterocycles. The number of alkyl halides is 3. The fraction of sp³-hybridized carbons (Fsp3) is 0.364. The molecule has 6 heteroatoms. The van der Waals surface area contributed by atoms with Crippen molar-refractivity contribution in [1.82, 2.24) is 0 Å². The molecule has 0 bridgehead atoms. The van der Waals surface area contributed by atoms with Gasteiger partial charge in [0, 0.05) is 0 Å². The van der Waals surface area contributed by atoms with Crippen molar-refractivity contribution in [3.8, 4) is 0 Å². The van der Waals surface area contributed by atoms with E-state index in [0.717, 1.165) is 12.1 Å². The first-order valence-electron chi connectivity index (χ1n) is 4.63. The molecule has 1 aromatic rings. The number of hydrogen-bond donors (Lipinski definition) is 0. The number of carbonyl (C=O) groups is 1. The van der Waals surface area contributed by atoms with Gasteiger partial charge < -0.3 is 0 Å². The molecule has 0 aliphatic heterocycles. The van der Waals surface area contributed by atoms with Crippen molar-refractivity contribution in [3.63, 3.8) is 0 Å². The van der Waals surface area contributed by atoms with Gasteiger partial charge in [-0.05, 0) is 49.2 Å². The molecule has 1 nitrogen and oxygen atoms in total. The van der Waals surface area contributed by atoms with Crippen molar-refractivity contribution in [1.29, 1.82) is 0 Å². The Bertz CT molecular complexity index is 451. The molecule has 1 rings (SSSR count). The van der Waals surface area contributed by atoms with Gasteiger partial charge in [-0.2, -0.15) is 13.2 Å². The maximum Gasteiger partial charge on any atom is 0.416 e. The first-order valence-corrected chi connectivity index (χ1v) is 5.01. The Kier molecular flexibility index (Phi) is 3.52. The Morgan fingerprint density at radius 3 is 2.00 bits per heavy atom. The van der Waals surface area contributed by atoms with E-state index in [9.17, 15) is 22.4 Å². The maximum absolute atomic E-state index is 13.1. The molecule has 0 saturated carbocycles. The van der Waals surface area contributed by atoms with E-state index in [4.69, 9.17) is 11.6 Å². The first-order chi connectivity index (χ1) is 7.55. The highest BCUT2D eigenvalue weighted by atomic mass is 35.5. The quantitative estimate of drug-likeness (QED) is 0.587. The third-order valence-electron chi connectivity index (χ3n) is 2.44. The lowest BCUT2D eigenvalue weighted by molar-refractivity contribution is -0.138. The molecule has 94 valence electrons. The molecule has 0 amide bonds. The van der Waals surface area contributed by atoms with Crippen molar-refractivity contribution in [2.24, 2.45) is 0 Å². The van der Waals surface area contributed by atoms with Gasteiger partial charge in [0.15, 0.2) is 0 Å². The van der Waals surface area contributed by atoms with E-state index in [-0.39, 0.29) is 5.56 Å². The molecule has 0 atom stereocenters. The topological polar surface area (TPSA) is 17.1 Å². The third kappa shape index (κ3) is 2.97. The minimum absolute atomic E-state index is 0.107. The van der Waals surface area contributed by atoms with Crippen molar-refractivity contribution < 1.29 is 22.4 Å². The summed E-state index contributed by atoms with van der Waals surface area (Å²) < 4.78 is 50.5. The van der Waals surface area contributed by atoms with Crippen LogP contribution in [0.2, 0.25) is 0 Å². The third-order valence-corrected chi connectivity index (χ3v) is 2.91. The number of halogens is 5. The van der Waals surface area contributed by atoms with Crippen LogP contribution < -0.4 is 0 Å². The highest BCUT2D eigenvalue weighted by molar-refractivity contribution is 6.65. The second kappa shape index (κ2) is 4.29. The van der Waals surface area contributed by atoms with E-state index < -0.39 is 28.2 Å². The molecule has 0 radical (unpaired) electrons. The average Bonchev–Trinajstić information content (AvgIpc) is 2.15. The zero-order valence-corrected chi connectivity index (χ0v) is 9.79. The van der Waals surface area contributed by atoms with E-state index >= 15 is 0 Å². The Morgan fingerprint density at radius 1 is 1.12 bits per heavy atom. The summed E-state index contributed by atoms with van der Waals surface area (Å²) in [4.78, 5) is 11.1. The average molecular weight is 269 g/mol. The summed E-state index contributed by atoms with van der Waals surface area (Å²) in [5.74, 6) is -1.05. The van der Waals surface area contributed by atoms with Gasteiger partial charge in [-0.15, -0.1) is 0 Å². The summed E-state index contributed by atoms with van der Waals surface area (Å²) in [7, 11) is 0. The van der Waals surface area contributed by atoms with Crippen LogP contribution >= 0.6 is 11.6 Å². The van der Waals surface area contributed by atoms with Crippen LogP contribution in [0.15, 0.2) is 18.2 Å². The van der Waals surface area contributed by atoms with Gasteiger partial charge in [0.25, 0.3) is 0 Å². The molecule has 0 unspecified atom stereocenters. The first kappa shape index (κ1) is 14.0. The largest absolute Gasteiger partial charge is 0.416 e. The molecule has 1 aromatic carbocycles. The van der Waals surface area contributed by atoms with Gasteiger partial charge in [0.05, 0.1) is 11.0 Å². The van der Waals surface area contributed by atoms with Crippen LogP contribution in [0.1, 0.15) is 25.0 Å². The van der Waals surface area contributed by atoms with E-state index in [0.29, 0.717) is 6.07 Å². The number of hydrogen-bond acceptors (Lipinski definition) is 1. The molecule has 0 fully saturated rings. The fourth-order valence-electron chi connectivity index (χ4n) is 1.23. The predicted octanol–water partition coefficient (Wildman–Crippen LogP) is 3.89. The predicted molar refractivity (Wildman–Crippen MR) is 55.3 cm³/mol. The second-order valence-electron chi connectivity index (χ2n) is 4.13. The summed E-state index contributed by atoms with van der Waals surface area (Å²) in [5.41, 5.74) is -2.62. The summed E-state index contributed by atoms with van der Waals surface area (Å²) >= 11 is 5.28. The molecule has 0 N–H and O–H groups in total. The zero-order valence-electron chi connectivity index (χ0n) is 9.03. The van der Waals surface area contributed by atoms with E-state index in [1.54, 1.807) is 0 Å². The Morgan fingerprint density at radius 2 is 1.59 bits per heavy atom. The summed E-state index contributed by atoms with van der Waals surface area (Å²) in [6.45, 7) is 2.66. The van der Waals surface area contributed by atoms with Gasteiger partial charge in [-0.1, -0.05) is 0 Å². The van der Waals surface area contributed by atoms with Gasteiger partial charge in [-0.3, -0.25) is 4.79 Å². The standard InChI is InChI=1S/C11H9ClF4O/c1-10(2,9(12)17)6-3-7(11(14,15)16)5-8(13)4-6/h3-5H,1-2H3. The van der Waals surface area contributed by atoms with Crippen LogP contribution in [0.4, 0.5) is 17.6 Å². The minimum Gasteiger partial charge on any atom is -0.280 e. The van der Waals surface area contributed by atoms with Crippen LogP contribution in [0.3, 0.4) is 0 Å². The Balaban J connectivity index is 3.38. The summed E-state index contributed by atoms with van der Waals surface area (Å²) in [6.07, 6.45) is -4.66. The molecule has 0 spiro atoms. The lowest BCUT2D eigenvalue weighted by Crippen LogP contribution is -2.25.